The second-order valence-electron chi connectivity index (χ2n) is 6.06. The highest BCUT2D eigenvalue weighted by molar-refractivity contribution is 5.92. The Morgan fingerprint density at radius 3 is 2.26 bits per heavy atom. The first-order chi connectivity index (χ1) is 13.1. The van der Waals surface area contributed by atoms with E-state index in [-0.39, 0.29) is 11.9 Å². The topological polar surface area (TPSA) is 91.8 Å². The van der Waals surface area contributed by atoms with Crippen molar-refractivity contribution in [1.82, 2.24) is 14.8 Å². The van der Waals surface area contributed by atoms with Gasteiger partial charge in [0.15, 0.2) is 0 Å². The first kappa shape index (κ1) is 18.4. The summed E-state index contributed by atoms with van der Waals surface area (Å²) in [6.07, 6.45) is 2.39. The first-order valence-corrected chi connectivity index (χ1v) is 8.51. The molecule has 140 valence electrons. The highest BCUT2D eigenvalue weighted by atomic mass is 16.5. The minimum absolute atomic E-state index is 0.144. The van der Waals surface area contributed by atoms with Crippen molar-refractivity contribution in [3.8, 4) is 0 Å². The minimum atomic E-state index is -0.389. The lowest BCUT2D eigenvalue weighted by Crippen LogP contribution is -2.48. The number of methoxy groups -OCH3 is 1. The molecule has 0 unspecified atom stereocenters. The third kappa shape index (κ3) is 4.41. The smallest absolute Gasteiger partial charge is 0.337 e. The number of hydrogen-bond acceptors (Lipinski definition) is 6. The van der Waals surface area contributed by atoms with Gasteiger partial charge in [-0.2, -0.15) is 0 Å². The average Bonchev–Trinajstić information content (AvgIpc) is 2.74. The van der Waals surface area contributed by atoms with E-state index < -0.39 is 0 Å². The molecule has 1 N–H and O–H groups in total. The Balaban J connectivity index is 1.61. The van der Waals surface area contributed by atoms with Crippen LogP contribution >= 0.6 is 0 Å². The predicted octanol–water partition coefficient (Wildman–Crippen LogP) is 1.53. The first-order valence-electron chi connectivity index (χ1n) is 8.51. The molecular weight excluding hydrogens is 348 g/mol. The molecule has 1 aliphatic heterocycles. The standard InChI is InChI=1S/C19H20N4O4/c1-27-19(26)14-2-4-15(5-3-14)21-16-6-7-17(20-12-16)18(25)23-10-8-22(13-24)9-11-23/h2-7,12-13,21H,8-11H2,1H3. The summed E-state index contributed by atoms with van der Waals surface area (Å²) in [6.45, 7) is 2.09. The molecule has 1 saturated heterocycles. The summed E-state index contributed by atoms with van der Waals surface area (Å²) in [5.74, 6) is -0.533. The molecule has 8 heteroatoms. The number of hydrogen-bond donors (Lipinski definition) is 1. The highest BCUT2D eigenvalue weighted by Crippen LogP contribution is 2.17. The molecule has 8 nitrogen and oxygen atoms in total. The monoisotopic (exact) mass is 368 g/mol. The van der Waals surface area contributed by atoms with Crippen LogP contribution < -0.4 is 5.32 Å². The van der Waals surface area contributed by atoms with Crippen molar-refractivity contribution in [2.75, 3.05) is 38.6 Å². The van der Waals surface area contributed by atoms with Gasteiger partial charge in [-0.05, 0) is 36.4 Å². The Morgan fingerprint density at radius 2 is 1.70 bits per heavy atom. The zero-order valence-corrected chi connectivity index (χ0v) is 14.9. The van der Waals surface area contributed by atoms with Crippen LogP contribution in [0.15, 0.2) is 42.6 Å². The van der Waals surface area contributed by atoms with Crippen molar-refractivity contribution < 1.29 is 19.1 Å². The molecule has 2 heterocycles. The molecule has 1 aliphatic rings. The molecule has 2 amide bonds. The number of ether oxygens (including phenoxy) is 1. The van der Waals surface area contributed by atoms with Gasteiger partial charge in [0.2, 0.25) is 6.41 Å². The van der Waals surface area contributed by atoms with Crippen LogP contribution in [0, 0.1) is 0 Å². The SMILES string of the molecule is COC(=O)c1ccc(Nc2ccc(C(=O)N3CCN(C=O)CC3)nc2)cc1. The summed E-state index contributed by atoms with van der Waals surface area (Å²) >= 11 is 0. The predicted molar refractivity (Wildman–Crippen MR) is 98.8 cm³/mol. The van der Waals surface area contributed by atoms with E-state index in [0.717, 1.165) is 17.8 Å². The maximum absolute atomic E-state index is 12.5. The number of nitrogens with zero attached hydrogens (tertiary/aromatic N) is 3. The van der Waals surface area contributed by atoms with Crippen LogP contribution in [0.5, 0.6) is 0 Å². The number of benzene rings is 1. The van der Waals surface area contributed by atoms with Gasteiger partial charge in [-0.1, -0.05) is 0 Å². The number of amides is 2. The van der Waals surface area contributed by atoms with E-state index in [0.29, 0.717) is 37.4 Å². The quantitative estimate of drug-likeness (QED) is 0.636. The van der Waals surface area contributed by atoms with Crippen LogP contribution in [0.2, 0.25) is 0 Å². The van der Waals surface area contributed by atoms with Crippen LogP contribution in [0.25, 0.3) is 0 Å². The maximum Gasteiger partial charge on any atom is 0.337 e. The van der Waals surface area contributed by atoms with Gasteiger partial charge in [-0.25, -0.2) is 9.78 Å². The summed E-state index contributed by atoms with van der Waals surface area (Å²) in [6, 6.07) is 10.3. The lowest BCUT2D eigenvalue weighted by Gasteiger charge is -2.32. The lowest BCUT2D eigenvalue weighted by atomic mass is 10.2. The summed E-state index contributed by atoms with van der Waals surface area (Å²) in [7, 11) is 1.34. The van der Waals surface area contributed by atoms with E-state index in [1.165, 1.54) is 7.11 Å². The van der Waals surface area contributed by atoms with Crippen molar-refractivity contribution in [2.24, 2.45) is 0 Å². The molecule has 0 saturated carbocycles. The molecule has 27 heavy (non-hydrogen) atoms. The van der Waals surface area contributed by atoms with Crippen LogP contribution in [0.4, 0.5) is 11.4 Å². The molecule has 2 aromatic rings. The zero-order chi connectivity index (χ0) is 19.2. The molecule has 0 aliphatic carbocycles. The van der Waals surface area contributed by atoms with Crippen LogP contribution in [0.1, 0.15) is 20.8 Å². The Bertz CT molecular complexity index is 813. The van der Waals surface area contributed by atoms with Gasteiger partial charge in [0.05, 0.1) is 24.6 Å². The lowest BCUT2D eigenvalue weighted by molar-refractivity contribution is -0.119. The Kier molecular flexibility index (Phi) is 5.65. The van der Waals surface area contributed by atoms with Gasteiger partial charge >= 0.3 is 5.97 Å². The minimum Gasteiger partial charge on any atom is -0.465 e. The number of aromatic nitrogens is 1. The zero-order valence-electron chi connectivity index (χ0n) is 14.9. The van der Waals surface area contributed by atoms with E-state index in [2.05, 4.69) is 15.0 Å². The third-order valence-electron chi connectivity index (χ3n) is 4.33. The Morgan fingerprint density at radius 1 is 1.04 bits per heavy atom. The molecule has 0 atom stereocenters. The fourth-order valence-corrected chi connectivity index (χ4v) is 2.76. The third-order valence-corrected chi connectivity index (χ3v) is 4.33. The van der Waals surface area contributed by atoms with E-state index in [4.69, 9.17) is 0 Å². The fourth-order valence-electron chi connectivity index (χ4n) is 2.76. The number of nitrogens with one attached hydrogen (secondary N) is 1. The number of carbonyl (C=O) groups excluding carboxylic acids is 3. The number of carbonyl (C=O) groups is 3. The van der Waals surface area contributed by atoms with E-state index in [9.17, 15) is 14.4 Å². The molecule has 1 fully saturated rings. The van der Waals surface area contributed by atoms with E-state index in [1.807, 2.05) is 0 Å². The van der Waals surface area contributed by atoms with Crippen molar-refractivity contribution in [2.45, 2.75) is 0 Å². The molecule has 0 radical (unpaired) electrons. The van der Waals surface area contributed by atoms with Gasteiger partial charge in [-0.15, -0.1) is 0 Å². The molecule has 1 aromatic heterocycles. The molecule has 0 bridgehead atoms. The summed E-state index contributed by atoms with van der Waals surface area (Å²) in [5, 5.41) is 3.16. The van der Waals surface area contributed by atoms with Gasteiger partial charge in [0.25, 0.3) is 5.91 Å². The fraction of sp³-hybridized carbons (Fsp3) is 0.263. The summed E-state index contributed by atoms with van der Waals surface area (Å²) < 4.78 is 4.67. The van der Waals surface area contributed by atoms with Crippen molar-refractivity contribution in [3.05, 3.63) is 53.9 Å². The van der Waals surface area contributed by atoms with Gasteiger partial charge in [0.1, 0.15) is 5.69 Å². The second-order valence-corrected chi connectivity index (χ2v) is 6.06. The molecule has 0 spiro atoms. The largest absolute Gasteiger partial charge is 0.465 e. The molecular formula is C19H20N4O4. The Hall–Kier alpha value is -3.42. The van der Waals surface area contributed by atoms with Crippen LogP contribution in [0.3, 0.4) is 0 Å². The summed E-state index contributed by atoms with van der Waals surface area (Å²) in [4.78, 5) is 42.3. The normalized spacial score (nSPS) is 13.8. The number of esters is 1. The van der Waals surface area contributed by atoms with Gasteiger partial charge < -0.3 is 19.9 Å². The van der Waals surface area contributed by atoms with Crippen molar-refractivity contribution in [3.63, 3.8) is 0 Å². The van der Waals surface area contributed by atoms with Crippen LogP contribution in [-0.4, -0.2) is 66.4 Å². The Labute approximate surface area is 156 Å². The van der Waals surface area contributed by atoms with Gasteiger partial charge in [0, 0.05) is 31.9 Å². The number of piperazine rings is 1. The number of rotatable bonds is 5. The number of pyridine rings is 1. The van der Waals surface area contributed by atoms with Gasteiger partial charge in [-0.3, -0.25) is 9.59 Å². The highest BCUT2D eigenvalue weighted by Gasteiger charge is 2.22. The average molecular weight is 368 g/mol. The molecule has 1 aromatic carbocycles. The maximum atomic E-state index is 12.5. The van der Waals surface area contributed by atoms with Crippen molar-refractivity contribution in [1.29, 1.82) is 0 Å². The number of anilines is 2. The van der Waals surface area contributed by atoms with E-state index in [1.54, 1.807) is 52.4 Å². The summed E-state index contributed by atoms with van der Waals surface area (Å²) in [5.41, 5.74) is 2.34. The van der Waals surface area contributed by atoms with E-state index >= 15 is 0 Å². The van der Waals surface area contributed by atoms with Crippen molar-refractivity contribution >= 4 is 29.7 Å². The molecule has 3 rings (SSSR count). The van der Waals surface area contributed by atoms with Crippen LogP contribution in [-0.2, 0) is 9.53 Å². The second kappa shape index (κ2) is 8.31.